The van der Waals surface area contributed by atoms with Crippen molar-refractivity contribution in [3.63, 3.8) is 0 Å². The van der Waals surface area contributed by atoms with Crippen LogP contribution in [0.2, 0.25) is 0 Å². The quantitative estimate of drug-likeness (QED) is 0.678. The van der Waals surface area contributed by atoms with Gasteiger partial charge in [-0.3, -0.25) is 0 Å². The van der Waals surface area contributed by atoms with Crippen molar-refractivity contribution in [1.29, 1.82) is 0 Å². The molecule has 0 aromatic carbocycles. The van der Waals surface area contributed by atoms with Crippen LogP contribution in [0.1, 0.15) is 32.6 Å². The van der Waals surface area contributed by atoms with Crippen molar-refractivity contribution in [2.75, 3.05) is 11.5 Å². The van der Waals surface area contributed by atoms with Gasteiger partial charge in [0, 0.05) is 11.5 Å². The van der Waals surface area contributed by atoms with E-state index in [1.165, 1.54) is 25.7 Å². The highest BCUT2D eigenvalue weighted by atomic mass is 32.2. The zero-order valence-electron chi connectivity index (χ0n) is 7.75. The summed E-state index contributed by atoms with van der Waals surface area (Å²) in [6.45, 7) is 2.32. The fraction of sp³-hybridized carbons (Fsp3) is 1.00. The first-order valence-electron chi connectivity index (χ1n) is 5.01. The van der Waals surface area contributed by atoms with Crippen LogP contribution >= 0.6 is 11.8 Å². The van der Waals surface area contributed by atoms with Crippen molar-refractivity contribution in [1.82, 2.24) is 0 Å². The Morgan fingerprint density at radius 2 is 2.08 bits per heavy atom. The van der Waals surface area contributed by atoms with Gasteiger partial charge in [-0.05, 0) is 24.7 Å². The van der Waals surface area contributed by atoms with Gasteiger partial charge in [-0.2, -0.15) is 11.8 Å². The molecule has 1 aliphatic carbocycles. The van der Waals surface area contributed by atoms with Crippen LogP contribution in [-0.4, -0.2) is 22.2 Å². The third-order valence-electron chi connectivity index (χ3n) is 3.40. The van der Waals surface area contributed by atoms with Crippen molar-refractivity contribution in [2.24, 2.45) is 11.8 Å². The molecule has 0 bridgehead atoms. The molecule has 1 aliphatic heterocycles. The number of hydrogen-bond donors (Lipinski definition) is 1. The maximum atomic E-state index is 10.1. The summed E-state index contributed by atoms with van der Waals surface area (Å²) in [4.78, 5) is 0. The number of thioether (sulfide) groups is 1. The van der Waals surface area contributed by atoms with Gasteiger partial charge in [-0.25, -0.2) is 0 Å². The minimum absolute atomic E-state index is 0.265. The van der Waals surface area contributed by atoms with Crippen molar-refractivity contribution in [3.05, 3.63) is 0 Å². The molecule has 12 heavy (non-hydrogen) atoms. The first-order valence-corrected chi connectivity index (χ1v) is 6.16. The van der Waals surface area contributed by atoms with Gasteiger partial charge in [0.25, 0.3) is 0 Å². The lowest BCUT2D eigenvalue weighted by Gasteiger charge is -2.45. The number of aliphatic hydroxyl groups is 1. The molecule has 1 saturated carbocycles. The molecular formula is C10H18OS. The van der Waals surface area contributed by atoms with Gasteiger partial charge in [0.2, 0.25) is 0 Å². The molecule has 1 nitrogen and oxygen atoms in total. The smallest absolute Gasteiger partial charge is 0.0855 e. The minimum atomic E-state index is -0.265. The van der Waals surface area contributed by atoms with E-state index in [2.05, 4.69) is 6.92 Å². The minimum Gasteiger partial charge on any atom is -0.388 e. The Bertz CT molecular complexity index is 165. The van der Waals surface area contributed by atoms with Crippen LogP contribution in [0.5, 0.6) is 0 Å². The summed E-state index contributed by atoms with van der Waals surface area (Å²) in [6, 6.07) is 0. The average Bonchev–Trinajstić information content (AvgIpc) is 2.00. The lowest BCUT2D eigenvalue weighted by Crippen LogP contribution is -2.51. The van der Waals surface area contributed by atoms with E-state index in [4.69, 9.17) is 0 Å². The normalized spacial score (nSPS) is 40.5. The van der Waals surface area contributed by atoms with Gasteiger partial charge in [0.15, 0.2) is 0 Å². The highest BCUT2D eigenvalue weighted by Crippen LogP contribution is 2.43. The highest BCUT2D eigenvalue weighted by molar-refractivity contribution is 8.00. The fourth-order valence-electron chi connectivity index (χ4n) is 2.47. The van der Waals surface area contributed by atoms with E-state index in [1.54, 1.807) is 0 Å². The summed E-state index contributed by atoms with van der Waals surface area (Å²) in [5, 5.41) is 10.1. The third-order valence-corrected chi connectivity index (χ3v) is 4.81. The summed E-state index contributed by atoms with van der Waals surface area (Å²) in [5.41, 5.74) is -0.265. The molecule has 0 aromatic rings. The van der Waals surface area contributed by atoms with Gasteiger partial charge in [0.05, 0.1) is 5.60 Å². The maximum absolute atomic E-state index is 10.1. The van der Waals surface area contributed by atoms with E-state index in [1.807, 2.05) is 11.8 Å². The molecule has 1 saturated heterocycles. The molecule has 2 unspecified atom stereocenters. The first-order chi connectivity index (χ1) is 5.71. The fourth-order valence-corrected chi connectivity index (χ4v) is 3.56. The Morgan fingerprint density at radius 3 is 2.58 bits per heavy atom. The topological polar surface area (TPSA) is 20.2 Å². The summed E-state index contributed by atoms with van der Waals surface area (Å²) in [7, 11) is 0. The standard InChI is InChI=1S/C10H18OS/c1-8-3-2-4-9(5-8)10(11)6-12-7-10/h8-9,11H,2-7H2,1H3. The third kappa shape index (κ3) is 1.51. The van der Waals surface area contributed by atoms with Gasteiger partial charge < -0.3 is 5.11 Å². The molecule has 0 spiro atoms. The Balaban J connectivity index is 1.94. The summed E-state index contributed by atoms with van der Waals surface area (Å²) in [5.74, 6) is 3.44. The second-order valence-corrected chi connectivity index (χ2v) is 5.55. The van der Waals surface area contributed by atoms with Crippen LogP contribution in [0.15, 0.2) is 0 Å². The van der Waals surface area contributed by atoms with Gasteiger partial charge in [-0.1, -0.05) is 19.8 Å². The monoisotopic (exact) mass is 186 g/mol. The summed E-state index contributed by atoms with van der Waals surface area (Å²) in [6.07, 6.45) is 5.23. The van der Waals surface area contributed by atoms with Crippen LogP contribution in [0.4, 0.5) is 0 Å². The van der Waals surface area contributed by atoms with Crippen LogP contribution in [0.3, 0.4) is 0 Å². The predicted octanol–water partition coefficient (Wildman–Crippen LogP) is 2.29. The van der Waals surface area contributed by atoms with Crippen LogP contribution in [-0.2, 0) is 0 Å². The average molecular weight is 186 g/mol. The Kier molecular flexibility index (Phi) is 2.39. The first kappa shape index (κ1) is 8.89. The molecule has 0 aromatic heterocycles. The summed E-state index contributed by atoms with van der Waals surface area (Å²) >= 11 is 1.89. The number of hydrogen-bond acceptors (Lipinski definition) is 2. The van der Waals surface area contributed by atoms with Crippen LogP contribution in [0, 0.1) is 11.8 Å². The van der Waals surface area contributed by atoms with Crippen molar-refractivity contribution in [3.8, 4) is 0 Å². The van der Waals surface area contributed by atoms with Crippen molar-refractivity contribution < 1.29 is 5.11 Å². The van der Waals surface area contributed by atoms with E-state index in [0.717, 1.165) is 17.4 Å². The molecule has 2 heteroatoms. The van der Waals surface area contributed by atoms with E-state index < -0.39 is 0 Å². The lowest BCUT2D eigenvalue weighted by molar-refractivity contribution is -0.00891. The molecule has 0 amide bonds. The molecule has 2 aliphatic rings. The maximum Gasteiger partial charge on any atom is 0.0855 e. The second kappa shape index (κ2) is 3.22. The number of rotatable bonds is 1. The van der Waals surface area contributed by atoms with Gasteiger partial charge >= 0.3 is 0 Å². The Labute approximate surface area is 78.9 Å². The molecule has 2 rings (SSSR count). The largest absolute Gasteiger partial charge is 0.388 e. The molecule has 0 radical (unpaired) electrons. The van der Waals surface area contributed by atoms with E-state index in [-0.39, 0.29) is 5.60 Å². The van der Waals surface area contributed by atoms with Crippen LogP contribution < -0.4 is 0 Å². The van der Waals surface area contributed by atoms with Crippen molar-refractivity contribution in [2.45, 2.75) is 38.2 Å². The van der Waals surface area contributed by atoms with E-state index in [9.17, 15) is 5.11 Å². The predicted molar refractivity (Wildman–Crippen MR) is 53.4 cm³/mol. The summed E-state index contributed by atoms with van der Waals surface area (Å²) < 4.78 is 0. The Morgan fingerprint density at radius 1 is 1.33 bits per heavy atom. The molecule has 70 valence electrons. The van der Waals surface area contributed by atoms with Crippen LogP contribution in [0.25, 0.3) is 0 Å². The highest BCUT2D eigenvalue weighted by Gasteiger charge is 2.43. The molecule has 1 N–H and O–H groups in total. The van der Waals surface area contributed by atoms with E-state index >= 15 is 0 Å². The molecule has 2 fully saturated rings. The molecular weight excluding hydrogens is 168 g/mol. The Hall–Kier alpha value is 0.310. The van der Waals surface area contributed by atoms with Gasteiger partial charge in [-0.15, -0.1) is 0 Å². The molecule has 2 atom stereocenters. The lowest BCUT2D eigenvalue weighted by atomic mass is 9.74. The zero-order chi connectivity index (χ0) is 8.60. The SMILES string of the molecule is CC1CCCC(C2(O)CSC2)C1. The molecule has 1 heterocycles. The van der Waals surface area contributed by atoms with Gasteiger partial charge in [0.1, 0.15) is 0 Å². The zero-order valence-corrected chi connectivity index (χ0v) is 8.57. The second-order valence-electron chi connectivity index (χ2n) is 4.57. The van der Waals surface area contributed by atoms with Crippen molar-refractivity contribution >= 4 is 11.8 Å². The van der Waals surface area contributed by atoms with E-state index in [0.29, 0.717) is 5.92 Å².